The second-order valence-corrected chi connectivity index (χ2v) is 6.19. The van der Waals surface area contributed by atoms with E-state index in [1.807, 2.05) is 18.0 Å². The molecule has 1 unspecified atom stereocenters. The predicted octanol–water partition coefficient (Wildman–Crippen LogP) is 0.651. The smallest absolute Gasteiger partial charge is 0.147 e. The van der Waals surface area contributed by atoms with Crippen LogP contribution in [0.2, 0.25) is 5.02 Å². The van der Waals surface area contributed by atoms with E-state index in [0.29, 0.717) is 29.5 Å². The minimum Gasteiger partial charge on any atom is -0.390 e. The Morgan fingerprint density at radius 1 is 1.45 bits per heavy atom. The fourth-order valence-electron chi connectivity index (χ4n) is 2.56. The maximum Gasteiger partial charge on any atom is 0.147 e. The van der Waals surface area contributed by atoms with E-state index in [1.54, 1.807) is 6.07 Å². The van der Waals surface area contributed by atoms with Gasteiger partial charge in [0.2, 0.25) is 0 Å². The molecule has 120 valence electrons. The third-order valence-corrected chi connectivity index (χ3v) is 4.14. The number of nitrogens with zero attached hydrogens (tertiary/aromatic N) is 5. The van der Waals surface area contributed by atoms with E-state index in [2.05, 4.69) is 21.8 Å². The maximum absolute atomic E-state index is 10.3. The van der Waals surface area contributed by atoms with Gasteiger partial charge >= 0.3 is 0 Å². The number of hydrogen-bond acceptors (Lipinski definition) is 6. The number of hydrogen-bond donors (Lipinski definition) is 1. The summed E-state index contributed by atoms with van der Waals surface area (Å²) in [6.45, 7) is 5.12. The molecule has 1 saturated heterocycles. The fraction of sp³-hybridized carbons (Fsp3) is 0.600. The predicted molar refractivity (Wildman–Crippen MR) is 87.2 cm³/mol. The number of halogens is 1. The molecule has 0 spiro atoms. The first-order valence-electron chi connectivity index (χ1n) is 7.35. The summed E-state index contributed by atoms with van der Waals surface area (Å²) in [7, 11) is 3.95. The van der Waals surface area contributed by atoms with Gasteiger partial charge in [-0.05, 0) is 13.1 Å². The first kappa shape index (κ1) is 17.0. The number of aliphatic hydroxyl groups excluding tert-OH is 1. The van der Waals surface area contributed by atoms with Crippen LogP contribution < -0.4 is 4.90 Å². The number of β-amino-alcohol motifs (C(OH)–C–C–N with tert-alkyl or cyclic N) is 1. The van der Waals surface area contributed by atoms with Crippen LogP contribution >= 0.6 is 11.6 Å². The number of piperazine rings is 1. The summed E-state index contributed by atoms with van der Waals surface area (Å²) in [5, 5.41) is 19.5. The lowest BCUT2D eigenvalue weighted by atomic mass is 10.2. The van der Waals surface area contributed by atoms with Gasteiger partial charge in [0.1, 0.15) is 11.9 Å². The van der Waals surface area contributed by atoms with E-state index < -0.39 is 6.10 Å². The van der Waals surface area contributed by atoms with Crippen molar-refractivity contribution in [1.29, 1.82) is 5.26 Å². The van der Waals surface area contributed by atoms with Crippen molar-refractivity contribution in [2.75, 3.05) is 58.3 Å². The van der Waals surface area contributed by atoms with Crippen LogP contribution in [0.4, 0.5) is 5.82 Å². The lowest BCUT2D eigenvalue weighted by Crippen LogP contribution is -2.48. The van der Waals surface area contributed by atoms with Gasteiger partial charge in [-0.15, -0.1) is 0 Å². The summed E-state index contributed by atoms with van der Waals surface area (Å²) in [4.78, 5) is 10.6. The molecular weight excluding hydrogens is 302 g/mol. The lowest BCUT2D eigenvalue weighted by Gasteiger charge is -2.34. The van der Waals surface area contributed by atoms with Crippen LogP contribution in [0, 0.1) is 11.3 Å². The van der Waals surface area contributed by atoms with Crippen LogP contribution in [0.1, 0.15) is 5.56 Å². The van der Waals surface area contributed by atoms with E-state index in [4.69, 9.17) is 16.9 Å². The molecule has 1 N–H and O–H groups in total. The molecule has 0 amide bonds. The van der Waals surface area contributed by atoms with Gasteiger partial charge in [-0.1, -0.05) is 11.6 Å². The van der Waals surface area contributed by atoms with Crippen LogP contribution in [0.3, 0.4) is 0 Å². The van der Waals surface area contributed by atoms with Crippen molar-refractivity contribution in [2.45, 2.75) is 6.10 Å². The molecule has 1 atom stereocenters. The Morgan fingerprint density at radius 2 is 2.14 bits per heavy atom. The Bertz CT molecular complexity index is 539. The Morgan fingerprint density at radius 3 is 2.73 bits per heavy atom. The summed E-state index contributed by atoms with van der Waals surface area (Å²) >= 11 is 6.14. The third-order valence-electron chi connectivity index (χ3n) is 3.86. The molecule has 0 radical (unpaired) electrons. The highest BCUT2D eigenvalue weighted by atomic mass is 35.5. The van der Waals surface area contributed by atoms with Gasteiger partial charge in [0.05, 0.1) is 16.7 Å². The Balaban J connectivity index is 1.88. The molecule has 2 heterocycles. The normalized spacial score (nSPS) is 18.0. The van der Waals surface area contributed by atoms with Gasteiger partial charge < -0.3 is 14.9 Å². The monoisotopic (exact) mass is 323 g/mol. The van der Waals surface area contributed by atoms with Gasteiger partial charge in [0, 0.05) is 52.5 Å². The van der Waals surface area contributed by atoms with E-state index in [-0.39, 0.29) is 0 Å². The van der Waals surface area contributed by atoms with Crippen molar-refractivity contribution >= 4 is 17.4 Å². The molecular formula is C15H22ClN5O. The highest BCUT2D eigenvalue weighted by Gasteiger charge is 2.19. The number of pyridine rings is 1. The van der Waals surface area contributed by atoms with Crippen LogP contribution in [0.5, 0.6) is 0 Å². The minimum atomic E-state index is -0.470. The van der Waals surface area contributed by atoms with Crippen LogP contribution in [0.25, 0.3) is 0 Å². The van der Waals surface area contributed by atoms with Crippen molar-refractivity contribution in [3.05, 3.63) is 22.8 Å². The quantitative estimate of drug-likeness (QED) is 0.858. The van der Waals surface area contributed by atoms with E-state index >= 15 is 0 Å². The molecule has 0 aromatic carbocycles. The van der Waals surface area contributed by atoms with E-state index in [1.165, 1.54) is 6.20 Å². The van der Waals surface area contributed by atoms with Crippen molar-refractivity contribution < 1.29 is 5.11 Å². The molecule has 7 heteroatoms. The van der Waals surface area contributed by atoms with Crippen LogP contribution in [-0.2, 0) is 0 Å². The number of aliphatic hydroxyl groups is 1. The fourth-order valence-corrected chi connectivity index (χ4v) is 2.87. The topological polar surface area (TPSA) is 66.6 Å². The molecule has 1 aliphatic rings. The Labute approximate surface area is 136 Å². The number of anilines is 1. The van der Waals surface area contributed by atoms with Gasteiger partial charge in [-0.2, -0.15) is 5.26 Å². The van der Waals surface area contributed by atoms with Crippen LogP contribution in [0.15, 0.2) is 12.3 Å². The zero-order chi connectivity index (χ0) is 16.1. The number of nitriles is 1. The molecule has 2 rings (SSSR count). The van der Waals surface area contributed by atoms with Gasteiger partial charge in [0.25, 0.3) is 0 Å². The van der Waals surface area contributed by atoms with Crippen molar-refractivity contribution in [1.82, 2.24) is 14.8 Å². The molecule has 0 bridgehead atoms. The second-order valence-electron chi connectivity index (χ2n) is 5.78. The SMILES string of the molecule is CN1CCN(CC(O)CN(C)c2ncc(C#N)cc2Cl)CC1. The first-order chi connectivity index (χ1) is 10.5. The van der Waals surface area contributed by atoms with Crippen LogP contribution in [-0.4, -0.2) is 79.4 Å². The summed E-state index contributed by atoms with van der Waals surface area (Å²) in [6.07, 6.45) is 1.02. The summed E-state index contributed by atoms with van der Waals surface area (Å²) in [6, 6.07) is 3.60. The Kier molecular flexibility index (Phi) is 5.98. The number of likely N-dealkylation sites (N-methyl/N-ethyl adjacent to an activating group) is 2. The summed E-state index contributed by atoms with van der Waals surface area (Å²) in [5.41, 5.74) is 0.431. The molecule has 6 nitrogen and oxygen atoms in total. The lowest BCUT2D eigenvalue weighted by molar-refractivity contribution is 0.0842. The molecule has 1 aromatic rings. The average Bonchev–Trinajstić information content (AvgIpc) is 2.49. The summed E-state index contributed by atoms with van der Waals surface area (Å²) < 4.78 is 0. The molecule has 1 fully saturated rings. The number of rotatable bonds is 5. The second kappa shape index (κ2) is 7.75. The van der Waals surface area contributed by atoms with Crippen molar-refractivity contribution in [2.24, 2.45) is 0 Å². The third kappa shape index (κ3) is 4.55. The maximum atomic E-state index is 10.3. The molecule has 1 aliphatic heterocycles. The van der Waals surface area contributed by atoms with Crippen molar-refractivity contribution in [3.8, 4) is 6.07 Å². The minimum absolute atomic E-state index is 0.424. The largest absolute Gasteiger partial charge is 0.390 e. The zero-order valence-electron chi connectivity index (χ0n) is 13.0. The molecule has 22 heavy (non-hydrogen) atoms. The highest BCUT2D eigenvalue weighted by molar-refractivity contribution is 6.33. The van der Waals surface area contributed by atoms with Crippen molar-refractivity contribution in [3.63, 3.8) is 0 Å². The Hall–Kier alpha value is -1.39. The molecule has 1 aromatic heterocycles. The standard InChI is InChI=1S/C15H22ClN5O/c1-19-3-5-21(6-4-19)11-13(22)10-20(2)15-14(16)7-12(8-17)9-18-15/h7,9,13,22H,3-6,10-11H2,1-2H3. The van der Waals surface area contributed by atoms with Gasteiger partial charge in [-0.3, -0.25) is 4.90 Å². The first-order valence-corrected chi connectivity index (χ1v) is 7.73. The van der Waals surface area contributed by atoms with E-state index in [9.17, 15) is 5.11 Å². The average molecular weight is 324 g/mol. The molecule has 0 saturated carbocycles. The number of aromatic nitrogens is 1. The van der Waals surface area contributed by atoms with E-state index in [0.717, 1.165) is 26.2 Å². The zero-order valence-corrected chi connectivity index (χ0v) is 13.8. The van der Waals surface area contributed by atoms with Gasteiger partial charge in [0.15, 0.2) is 0 Å². The highest BCUT2D eigenvalue weighted by Crippen LogP contribution is 2.23. The molecule has 0 aliphatic carbocycles. The summed E-state index contributed by atoms with van der Waals surface area (Å²) in [5.74, 6) is 0.582. The van der Waals surface area contributed by atoms with Gasteiger partial charge in [-0.25, -0.2) is 4.98 Å².